The van der Waals surface area contributed by atoms with Crippen LogP contribution in [0.5, 0.6) is 0 Å². The van der Waals surface area contributed by atoms with E-state index in [0.29, 0.717) is 18.4 Å². The van der Waals surface area contributed by atoms with Crippen molar-refractivity contribution in [2.75, 3.05) is 13.2 Å². The Morgan fingerprint density at radius 1 is 1.30 bits per heavy atom. The van der Waals surface area contributed by atoms with Gasteiger partial charge in [0.05, 0.1) is 0 Å². The highest BCUT2D eigenvalue weighted by atomic mass is 79.9. The van der Waals surface area contributed by atoms with E-state index in [1.165, 1.54) is 0 Å². The van der Waals surface area contributed by atoms with Crippen molar-refractivity contribution in [2.24, 2.45) is 11.8 Å². The van der Waals surface area contributed by atoms with Crippen LogP contribution in [0.2, 0.25) is 0 Å². The fourth-order valence-electron chi connectivity index (χ4n) is 2.66. The van der Waals surface area contributed by atoms with E-state index in [-0.39, 0.29) is 12.5 Å². The molecule has 3 nitrogen and oxygen atoms in total. The molecule has 1 aliphatic carbocycles. The molecular weight excluding hydrogens is 318 g/mol. The number of rotatable bonds is 5. The Bertz CT molecular complexity index is 470. The Kier molecular flexibility index (Phi) is 5.80. The molecule has 0 aromatic heterocycles. The zero-order chi connectivity index (χ0) is 14.4. The van der Waals surface area contributed by atoms with E-state index >= 15 is 0 Å². The third kappa shape index (κ3) is 4.46. The van der Waals surface area contributed by atoms with Crippen LogP contribution >= 0.6 is 15.9 Å². The van der Waals surface area contributed by atoms with Crippen molar-refractivity contribution in [1.82, 2.24) is 5.32 Å². The minimum absolute atomic E-state index is 0.0727. The molecule has 2 rings (SSSR count). The second-order valence-electron chi connectivity index (χ2n) is 5.26. The van der Waals surface area contributed by atoms with E-state index in [9.17, 15) is 9.90 Å². The van der Waals surface area contributed by atoms with Gasteiger partial charge in [-0.1, -0.05) is 34.5 Å². The topological polar surface area (TPSA) is 49.3 Å². The predicted octanol–water partition coefficient (Wildman–Crippen LogP) is 2.99. The lowest BCUT2D eigenvalue weighted by Crippen LogP contribution is -2.30. The summed E-state index contributed by atoms with van der Waals surface area (Å²) in [6.45, 7) is 0.893. The first kappa shape index (κ1) is 15.3. The fraction of sp³-hybridized carbons (Fsp3) is 0.438. The Hall–Kier alpha value is -1.13. The molecule has 1 amide bonds. The maximum absolute atomic E-state index is 11.8. The van der Waals surface area contributed by atoms with Gasteiger partial charge in [-0.25, -0.2) is 0 Å². The number of nitrogens with one attached hydrogen (secondary N) is 1. The van der Waals surface area contributed by atoms with Gasteiger partial charge in [0.2, 0.25) is 5.91 Å². The molecule has 2 N–H and O–H groups in total. The summed E-state index contributed by atoms with van der Waals surface area (Å²) in [6, 6.07) is 7.79. The molecule has 1 fully saturated rings. The van der Waals surface area contributed by atoms with Gasteiger partial charge in [0.25, 0.3) is 0 Å². The van der Waals surface area contributed by atoms with Crippen LogP contribution in [-0.2, 0) is 4.79 Å². The summed E-state index contributed by atoms with van der Waals surface area (Å²) in [4.78, 5) is 11.8. The largest absolute Gasteiger partial charge is 0.396 e. The average Bonchev–Trinajstić information content (AvgIpc) is 2.92. The zero-order valence-electron chi connectivity index (χ0n) is 11.4. The van der Waals surface area contributed by atoms with Crippen molar-refractivity contribution >= 4 is 27.9 Å². The van der Waals surface area contributed by atoms with Crippen molar-refractivity contribution in [3.05, 3.63) is 40.4 Å². The zero-order valence-corrected chi connectivity index (χ0v) is 13.0. The van der Waals surface area contributed by atoms with E-state index in [1.54, 1.807) is 12.2 Å². The molecule has 0 aliphatic heterocycles. The normalized spacial score (nSPS) is 22.3. The Labute approximate surface area is 128 Å². The monoisotopic (exact) mass is 337 g/mol. The van der Waals surface area contributed by atoms with Gasteiger partial charge in [0, 0.05) is 23.7 Å². The Morgan fingerprint density at radius 2 is 2.00 bits per heavy atom. The molecule has 1 saturated carbocycles. The molecule has 1 aliphatic rings. The van der Waals surface area contributed by atoms with Crippen LogP contribution in [-0.4, -0.2) is 24.2 Å². The highest BCUT2D eigenvalue weighted by Crippen LogP contribution is 2.30. The van der Waals surface area contributed by atoms with Crippen LogP contribution in [0, 0.1) is 11.8 Å². The number of benzene rings is 1. The van der Waals surface area contributed by atoms with Crippen LogP contribution in [0.4, 0.5) is 0 Å². The van der Waals surface area contributed by atoms with Crippen molar-refractivity contribution in [1.29, 1.82) is 0 Å². The quantitative estimate of drug-likeness (QED) is 0.811. The average molecular weight is 338 g/mol. The summed E-state index contributed by atoms with van der Waals surface area (Å²) in [5, 5.41) is 12.2. The van der Waals surface area contributed by atoms with Gasteiger partial charge in [-0.3, -0.25) is 4.79 Å². The van der Waals surface area contributed by atoms with E-state index in [2.05, 4.69) is 21.2 Å². The summed E-state index contributed by atoms with van der Waals surface area (Å²) in [5.41, 5.74) is 0.998. The maximum Gasteiger partial charge on any atom is 0.244 e. The van der Waals surface area contributed by atoms with Gasteiger partial charge < -0.3 is 10.4 Å². The number of carbonyl (C=O) groups is 1. The predicted molar refractivity (Wildman–Crippen MR) is 84.1 cm³/mol. The molecule has 0 bridgehead atoms. The van der Waals surface area contributed by atoms with Gasteiger partial charge >= 0.3 is 0 Å². The van der Waals surface area contributed by atoms with Crippen LogP contribution < -0.4 is 5.32 Å². The molecule has 0 heterocycles. The summed E-state index contributed by atoms with van der Waals surface area (Å²) in [5.74, 6) is 0.701. The van der Waals surface area contributed by atoms with Gasteiger partial charge in [-0.05, 0) is 48.4 Å². The van der Waals surface area contributed by atoms with E-state index < -0.39 is 0 Å². The highest BCUT2D eigenvalue weighted by molar-refractivity contribution is 9.10. The van der Waals surface area contributed by atoms with Gasteiger partial charge in [0.1, 0.15) is 0 Å². The SMILES string of the molecule is O=C(C=Cc1ccc(Br)cc1)NCC1CCCC1CO. The molecule has 20 heavy (non-hydrogen) atoms. The van der Waals surface area contributed by atoms with Crippen molar-refractivity contribution in [3.8, 4) is 0 Å². The molecule has 4 heteroatoms. The lowest BCUT2D eigenvalue weighted by Gasteiger charge is -2.17. The molecule has 1 aromatic rings. The van der Waals surface area contributed by atoms with E-state index in [4.69, 9.17) is 0 Å². The summed E-state index contributed by atoms with van der Waals surface area (Å²) in [6.07, 6.45) is 6.69. The molecule has 0 spiro atoms. The molecule has 0 saturated heterocycles. The van der Waals surface area contributed by atoms with Crippen LogP contribution in [0.15, 0.2) is 34.8 Å². The van der Waals surface area contributed by atoms with Crippen LogP contribution in [0.25, 0.3) is 6.08 Å². The number of aliphatic hydroxyl groups is 1. The fourth-order valence-corrected chi connectivity index (χ4v) is 2.92. The third-order valence-corrected chi connectivity index (χ3v) is 4.42. The maximum atomic E-state index is 11.8. The molecular formula is C16H20BrNO2. The van der Waals surface area contributed by atoms with Crippen LogP contribution in [0.3, 0.4) is 0 Å². The highest BCUT2D eigenvalue weighted by Gasteiger charge is 2.26. The van der Waals surface area contributed by atoms with Gasteiger partial charge in [-0.15, -0.1) is 0 Å². The summed E-state index contributed by atoms with van der Waals surface area (Å²) in [7, 11) is 0. The van der Waals surface area contributed by atoms with Gasteiger partial charge in [0.15, 0.2) is 0 Å². The van der Waals surface area contributed by atoms with E-state index in [0.717, 1.165) is 29.3 Å². The van der Waals surface area contributed by atoms with Crippen molar-refractivity contribution < 1.29 is 9.90 Å². The first-order chi connectivity index (χ1) is 9.69. The molecule has 1 aromatic carbocycles. The first-order valence-electron chi connectivity index (χ1n) is 7.01. The first-order valence-corrected chi connectivity index (χ1v) is 7.80. The number of carbonyl (C=O) groups excluding carboxylic acids is 1. The Balaban J connectivity index is 1.79. The lowest BCUT2D eigenvalue weighted by molar-refractivity contribution is -0.116. The molecule has 108 valence electrons. The minimum Gasteiger partial charge on any atom is -0.396 e. The van der Waals surface area contributed by atoms with Gasteiger partial charge in [-0.2, -0.15) is 0 Å². The van der Waals surface area contributed by atoms with Crippen LogP contribution in [0.1, 0.15) is 24.8 Å². The molecule has 0 radical (unpaired) electrons. The van der Waals surface area contributed by atoms with E-state index in [1.807, 2.05) is 24.3 Å². The van der Waals surface area contributed by atoms with Crippen molar-refractivity contribution in [3.63, 3.8) is 0 Å². The summed E-state index contributed by atoms with van der Waals surface area (Å²) < 4.78 is 1.02. The lowest BCUT2D eigenvalue weighted by atomic mass is 9.97. The summed E-state index contributed by atoms with van der Waals surface area (Å²) >= 11 is 3.38. The number of aliphatic hydroxyl groups excluding tert-OH is 1. The number of hydrogen-bond donors (Lipinski definition) is 2. The standard InChI is InChI=1S/C16H20BrNO2/c17-15-7-4-12(5-8-15)6-9-16(20)18-10-13-2-1-3-14(13)11-19/h4-9,13-14,19H,1-3,10-11H2,(H,18,20). The number of halogens is 1. The number of hydrogen-bond acceptors (Lipinski definition) is 2. The molecule has 2 unspecified atom stereocenters. The second kappa shape index (κ2) is 7.60. The minimum atomic E-state index is -0.0727. The number of amides is 1. The smallest absolute Gasteiger partial charge is 0.244 e. The second-order valence-corrected chi connectivity index (χ2v) is 6.18. The van der Waals surface area contributed by atoms with Crippen molar-refractivity contribution in [2.45, 2.75) is 19.3 Å². The third-order valence-electron chi connectivity index (χ3n) is 3.89. The Morgan fingerprint density at radius 3 is 2.70 bits per heavy atom. The molecule has 2 atom stereocenters.